The zero-order valence-electron chi connectivity index (χ0n) is 12.6. The van der Waals surface area contributed by atoms with Gasteiger partial charge in [0.1, 0.15) is 0 Å². The standard InChI is InChI=1S/C19H17NO3/c21-18(20-16-10-9-12-5-1-3-7-14(12)16)17-11-13-6-2-4-8-15(13)19(22)23-17/h1-8,16-17H,9-11H2,(H,20,21)/t16-,17-/m1/s1. The molecule has 1 aliphatic carbocycles. The van der Waals surface area contributed by atoms with Crippen LogP contribution in [-0.2, 0) is 22.4 Å². The first-order chi connectivity index (χ1) is 11.2. The quantitative estimate of drug-likeness (QED) is 0.868. The van der Waals surface area contributed by atoms with Crippen molar-refractivity contribution in [1.82, 2.24) is 5.32 Å². The van der Waals surface area contributed by atoms with E-state index in [-0.39, 0.29) is 11.9 Å². The van der Waals surface area contributed by atoms with E-state index in [9.17, 15) is 9.59 Å². The molecule has 1 N–H and O–H groups in total. The van der Waals surface area contributed by atoms with E-state index in [1.807, 2.05) is 24.3 Å². The normalized spacial score (nSPS) is 22.0. The molecule has 2 aromatic carbocycles. The van der Waals surface area contributed by atoms with Gasteiger partial charge in [-0.2, -0.15) is 0 Å². The minimum Gasteiger partial charge on any atom is -0.448 e. The number of esters is 1. The number of cyclic esters (lactones) is 1. The van der Waals surface area contributed by atoms with E-state index in [1.165, 1.54) is 11.1 Å². The average molecular weight is 307 g/mol. The van der Waals surface area contributed by atoms with Crippen molar-refractivity contribution in [3.05, 3.63) is 70.8 Å². The van der Waals surface area contributed by atoms with Gasteiger partial charge in [0.05, 0.1) is 11.6 Å². The van der Waals surface area contributed by atoms with Crippen molar-refractivity contribution in [3.8, 4) is 0 Å². The average Bonchev–Trinajstić information content (AvgIpc) is 2.98. The zero-order valence-corrected chi connectivity index (χ0v) is 12.6. The molecule has 4 heteroatoms. The largest absolute Gasteiger partial charge is 0.448 e. The van der Waals surface area contributed by atoms with Crippen LogP contribution in [-0.4, -0.2) is 18.0 Å². The molecule has 0 bridgehead atoms. The summed E-state index contributed by atoms with van der Waals surface area (Å²) < 4.78 is 5.32. The first kappa shape index (κ1) is 14.0. The van der Waals surface area contributed by atoms with Crippen LogP contribution in [0.3, 0.4) is 0 Å². The molecule has 116 valence electrons. The van der Waals surface area contributed by atoms with Gasteiger partial charge < -0.3 is 10.1 Å². The van der Waals surface area contributed by atoms with Gasteiger partial charge in [-0.3, -0.25) is 4.79 Å². The van der Waals surface area contributed by atoms with Crippen LogP contribution in [0.5, 0.6) is 0 Å². The second kappa shape index (κ2) is 5.54. The van der Waals surface area contributed by atoms with Crippen LogP contribution in [0.4, 0.5) is 0 Å². The molecule has 0 radical (unpaired) electrons. The molecule has 23 heavy (non-hydrogen) atoms. The summed E-state index contributed by atoms with van der Waals surface area (Å²) in [5.74, 6) is -0.631. The zero-order chi connectivity index (χ0) is 15.8. The van der Waals surface area contributed by atoms with Gasteiger partial charge in [0.2, 0.25) is 0 Å². The fourth-order valence-corrected chi connectivity index (χ4v) is 3.45. The van der Waals surface area contributed by atoms with E-state index in [0.29, 0.717) is 12.0 Å². The Hall–Kier alpha value is -2.62. The van der Waals surface area contributed by atoms with Crippen LogP contribution in [0.1, 0.15) is 39.5 Å². The molecule has 0 unspecified atom stereocenters. The minimum absolute atomic E-state index is 0.00886. The molecule has 0 fully saturated rings. The SMILES string of the molecule is O=C1O[C@@H](C(=O)N[C@@H]2CCc3ccccc32)Cc2ccccc21. The molecule has 2 aliphatic rings. The highest BCUT2D eigenvalue weighted by atomic mass is 16.5. The third-order valence-electron chi connectivity index (χ3n) is 4.63. The van der Waals surface area contributed by atoms with E-state index < -0.39 is 12.1 Å². The number of aryl methyl sites for hydroxylation is 1. The highest BCUT2D eigenvalue weighted by molar-refractivity contribution is 5.95. The van der Waals surface area contributed by atoms with Crippen LogP contribution in [0.25, 0.3) is 0 Å². The summed E-state index contributed by atoms with van der Waals surface area (Å²) in [6.45, 7) is 0. The molecule has 0 saturated heterocycles. The van der Waals surface area contributed by atoms with Gasteiger partial charge in [0.15, 0.2) is 6.10 Å². The molecule has 0 saturated carbocycles. The molecule has 2 atom stereocenters. The van der Waals surface area contributed by atoms with Gasteiger partial charge in [-0.05, 0) is 35.6 Å². The third-order valence-corrected chi connectivity index (χ3v) is 4.63. The topological polar surface area (TPSA) is 55.4 Å². The van der Waals surface area contributed by atoms with E-state index in [0.717, 1.165) is 18.4 Å². The van der Waals surface area contributed by atoms with Crippen molar-refractivity contribution in [1.29, 1.82) is 0 Å². The highest BCUT2D eigenvalue weighted by Crippen LogP contribution is 2.31. The van der Waals surface area contributed by atoms with Crippen LogP contribution < -0.4 is 5.32 Å². The van der Waals surface area contributed by atoms with Crippen LogP contribution >= 0.6 is 0 Å². The number of hydrogen-bond acceptors (Lipinski definition) is 3. The number of carbonyl (C=O) groups excluding carboxylic acids is 2. The molecule has 1 amide bonds. The van der Waals surface area contributed by atoms with Gasteiger partial charge in [-0.15, -0.1) is 0 Å². The Labute approximate surface area is 134 Å². The lowest BCUT2D eigenvalue weighted by Gasteiger charge is -2.25. The Morgan fingerprint density at radius 1 is 1.04 bits per heavy atom. The fraction of sp³-hybridized carbons (Fsp3) is 0.263. The smallest absolute Gasteiger partial charge is 0.339 e. The van der Waals surface area contributed by atoms with Crippen LogP contribution in [0, 0.1) is 0 Å². The Kier molecular flexibility index (Phi) is 3.37. The van der Waals surface area contributed by atoms with Gasteiger partial charge in [-0.1, -0.05) is 42.5 Å². The summed E-state index contributed by atoms with van der Waals surface area (Å²) in [7, 11) is 0. The summed E-state index contributed by atoms with van der Waals surface area (Å²) in [6.07, 6.45) is 1.55. The van der Waals surface area contributed by atoms with Gasteiger partial charge in [0.25, 0.3) is 5.91 Å². The maximum Gasteiger partial charge on any atom is 0.339 e. The number of nitrogens with one attached hydrogen (secondary N) is 1. The Morgan fingerprint density at radius 2 is 1.78 bits per heavy atom. The molecular weight excluding hydrogens is 290 g/mol. The number of carbonyl (C=O) groups is 2. The van der Waals surface area contributed by atoms with E-state index in [4.69, 9.17) is 4.74 Å². The molecule has 1 heterocycles. The number of benzene rings is 2. The highest BCUT2D eigenvalue weighted by Gasteiger charge is 2.33. The molecule has 2 aromatic rings. The third kappa shape index (κ3) is 2.50. The number of fused-ring (bicyclic) bond motifs is 2. The summed E-state index contributed by atoms with van der Waals surface area (Å²) in [6, 6.07) is 15.4. The van der Waals surface area contributed by atoms with Crippen molar-refractivity contribution >= 4 is 11.9 Å². The first-order valence-corrected chi connectivity index (χ1v) is 7.89. The fourth-order valence-electron chi connectivity index (χ4n) is 3.45. The van der Waals surface area contributed by atoms with Crippen molar-refractivity contribution in [2.24, 2.45) is 0 Å². The number of ether oxygens (including phenoxy) is 1. The van der Waals surface area contributed by atoms with E-state index in [1.54, 1.807) is 12.1 Å². The summed E-state index contributed by atoms with van der Waals surface area (Å²) in [4.78, 5) is 24.6. The second-order valence-corrected chi connectivity index (χ2v) is 6.05. The van der Waals surface area contributed by atoms with E-state index >= 15 is 0 Å². The number of amides is 1. The molecule has 1 aliphatic heterocycles. The lowest BCUT2D eigenvalue weighted by atomic mass is 9.98. The van der Waals surface area contributed by atoms with Crippen molar-refractivity contribution < 1.29 is 14.3 Å². The van der Waals surface area contributed by atoms with Crippen LogP contribution in [0.15, 0.2) is 48.5 Å². The van der Waals surface area contributed by atoms with Crippen molar-refractivity contribution in [3.63, 3.8) is 0 Å². The maximum atomic E-state index is 12.5. The summed E-state index contributed by atoms with van der Waals surface area (Å²) in [5.41, 5.74) is 3.88. The monoisotopic (exact) mass is 307 g/mol. The van der Waals surface area contributed by atoms with Crippen LogP contribution in [0.2, 0.25) is 0 Å². The van der Waals surface area contributed by atoms with Crippen molar-refractivity contribution in [2.75, 3.05) is 0 Å². The van der Waals surface area contributed by atoms with Crippen molar-refractivity contribution in [2.45, 2.75) is 31.4 Å². The van der Waals surface area contributed by atoms with E-state index in [2.05, 4.69) is 17.4 Å². The molecule has 4 rings (SSSR count). The molecule has 0 aromatic heterocycles. The van der Waals surface area contributed by atoms with Gasteiger partial charge >= 0.3 is 5.97 Å². The lowest BCUT2D eigenvalue weighted by Crippen LogP contribution is -2.42. The number of rotatable bonds is 2. The lowest BCUT2D eigenvalue weighted by molar-refractivity contribution is -0.131. The predicted molar refractivity (Wildman–Crippen MR) is 85.0 cm³/mol. The summed E-state index contributed by atoms with van der Waals surface area (Å²) >= 11 is 0. The minimum atomic E-state index is -0.745. The first-order valence-electron chi connectivity index (χ1n) is 7.89. The Morgan fingerprint density at radius 3 is 2.65 bits per heavy atom. The van der Waals surface area contributed by atoms with Gasteiger partial charge in [0, 0.05) is 6.42 Å². The molecule has 0 spiro atoms. The van der Waals surface area contributed by atoms with Gasteiger partial charge in [-0.25, -0.2) is 4.79 Å². The number of hydrogen-bond donors (Lipinski definition) is 1. The maximum absolute atomic E-state index is 12.5. The molecule has 4 nitrogen and oxygen atoms in total. The summed E-state index contributed by atoms with van der Waals surface area (Å²) in [5, 5.41) is 3.04. The second-order valence-electron chi connectivity index (χ2n) is 6.05. The Balaban J connectivity index is 1.50. The Bertz CT molecular complexity index is 784. The molecular formula is C19H17NO3. The predicted octanol–water partition coefficient (Wildman–Crippen LogP) is 2.57.